The zero-order valence-electron chi connectivity index (χ0n) is 10.4. The van der Waals surface area contributed by atoms with Crippen molar-refractivity contribution < 1.29 is 9.84 Å². The van der Waals surface area contributed by atoms with Crippen molar-refractivity contribution in [2.45, 2.75) is 38.7 Å². The number of aliphatic hydroxyl groups is 1. The molecule has 1 aromatic rings. The van der Waals surface area contributed by atoms with Crippen LogP contribution in [0, 0.1) is 0 Å². The molecule has 1 aliphatic carbocycles. The third kappa shape index (κ3) is 2.89. The number of rotatable bonds is 4. The van der Waals surface area contributed by atoms with Crippen LogP contribution in [0.15, 0.2) is 30.4 Å². The van der Waals surface area contributed by atoms with Crippen LogP contribution in [0.1, 0.15) is 43.4 Å². The first-order valence-electron chi connectivity index (χ1n) is 6.31. The Morgan fingerprint density at radius 1 is 1.53 bits per heavy atom. The highest BCUT2D eigenvalue weighted by molar-refractivity contribution is 5.38. The van der Waals surface area contributed by atoms with Gasteiger partial charge in [0.25, 0.3) is 0 Å². The molecule has 1 aliphatic rings. The summed E-state index contributed by atoms with van der Waals surface area (Å²) >= 11 is 0. The normalized spacial score (nSPS) is 18.6. The minimum atomic E-state index is -0.323. The van der Waals surface area contributed by atoms with Crippen molar-refractivity contribution in [1.29, 1.82) is 0 Å². The van der Waals surface area contributed by atoms with Crippen LogP contribution in [0.2, 0.25) is 0 Å². The fourth-order valence-electron chi connectivity index (χ4n) is 2.13. The fourth-order valence-corrected chi connectivity index (χ4v) is 2.13. The molecule has 0 spiro atoms. The van der Waals surface area contributed by atoms with Crippen molar-refractivity contribution in [3.63, 3.8) is 0 Å². The molecule has 17 heavy (non-hydrogen) atoms. The van der Waals surface area contributed by atoms with Gasteiger partial charge in [-0.15, -0.1) is 0 Å². The first-order chi connectivity index (χ1) is 8.20. The summed E-state index contributed by atoms with van der Waals surface area (Å²) in [6, 6.07) is 6.03. The van der Waals surface area contributed by atoms with Crippen LogP contribution in [0.3, 0.4) is 0 Å². The maximum absolute atomic E-state index is 9.94. The molecule has 1 N–H and O–H groups in total. The molecular formula is C15H20O2. The van der Waals surface area contributed by atoms with E-state index in [0.29, 0.717) is 6.61 Å². The number of ether oxygens (including phenoxy) is 1. The lowest BCUT2D eigenvalue weighted by molar-refractivity contribution is 0.156. The van der Waals surface area contributed by atoms with Gasteiger partial charge < -0.3 is 9.84 Å². The van der Waals surface area contributed by atoms with Crippen molar-refractivity contribution in [3.8, 4) is 5.75 Å². The van der Waals surface area contributed by atoms with Gasteiger partial charge in [-0.3, -0.25) is 0 Å². The number of aliphatic hydroxyl groups excluding tert-OH is 1. The molecule has 1 atom stereocenters. The highest BCUT2D eigenvalue weighted by Crippen LogP contribution is 2.32. The van der Waals surface area contributed by atoms with Gasteiger partial charge in [0.05, 0.1) is 6.10 Å². The second-order valence-corrected chi connectivity index (χ2v) is 4.66. The molecular weight excluding hydrogens is 212 g/mol. The van der Waals surface area contributed by atoms with Crippen molar-refractivity contribution in [1.82, 2.24) is 0 Å². The summed E-state index contributed by atoms with van der Waals surface area (Å²) in [6.07, 6.45) is 3.61. The molecule has 2 nitrogen and oxygen atoms in total. The highest BCUT2D eigenvalue weighted by atomic mass is 16.5. The lowest BCUT2D eigenvalue weighted by atomic mass is 9.89. The number of hydrogen-bond acceptors (Lipinski definition) is 2. The largest absolute Gasteiger partial charge is 0.489 e. The van der Waals surface area contributed by atoms with Crippen LogP contribution in [0.5, 0.6) is 5.75 Å². The third-order valence-corrected chi connectivity index (χ3v) is 3.34. The molecule has 0 amide bonds. The van der Waals surface area contributed by atoms with E-state index in [1.807, 2.05) is 12.1 Å². The topological polar surface area (TPSA) is 29.5 Å². The van der Waals surface area contributed by atoms with Crippen LogP contribution >= 0.6 is 0 Å². The molecule has 0 heterocycles. The van der Waals surface area contributed by atoms with Crippen molar-refractivity contribution in [2.75, 3.05) is 6.61 Å². The maximum Gasteiger partial charge on any atom is 0.120 e. The number of fused-ring (bicyclic) bond motifs is 1. The average molecular weight is 232 g/mol. The summed E-state index contributed by atoms with van der Waals surface area (Å²) in [7, 11) is 0. The maximum atomic E-state index is 9.94. The van der Waals surface area contributed by atoms with Gasteiger partial charge in [0.2, 0.25) is 0 Å². The quantitative estimate of drug-likeness (QED) is 0.806. The third-order valence-electron chi connectivity index (χ3n) is 3.34. The van der Waals surface area contributed by atoms with Gasteiger partial charge in [-0.05, 0) is 54.5 Å². The Balaban J connectivity index is 2.10. The van der Waals surface area contributed by atoms with E-state index in [-0.39, 0.29) is 6.10 Å². The number of hydrogen-bond donors (Lipinski definition) is 1. The SMILES string of the molecule is C=C(CC)COc1ccc2c(c1)C(O)CCC2. The summed E-state index contributed by atoms with van der Waals surface area (Å²) in [6.45, 7) is 6.55. The van der Waals surface area contributed by atoms with E-state index in [0.717, 1.165) is 42.6 Å². The van der Waals surface area contributed by atoms with Crippen LogP contribution in [-0.2, 0) is 6.42 Å². The van der Waals surface area contributed by atoms with E-state index in [2.05, 4.69) is 19.6 Å². The summed E-state index contributed by atoms with van der Waals surface area (Å²) in [5.41, 5.74) is 3.38. The van der Waals surface area contributed by atoms with E-state index in [9.17, 15) is 5.11 Å². The van der Waals surface area contributed by atoms with Gasteiger partial charge in [-0.25, -0.2) is 0 Å². The van der Waals surface area contributed by atoms with Crippen LogP contribution in [0.4, 0.5) is 0 Å². The van der Waals surface area contributed by atoms with E-state index in [1.165, 1.54) is 5.56 Å². The highest BCUT2D eigenvalue weighted by Gasteiger charge is 2.18. The van der Waals surface area contributed by atoms with Crippen molar-refractivity contribution in [2.24, 2.45) is 0 Å². The minimum absolute atomic E-state index is 0.323. The summed E-state index contributed by atoms with van der Waals surface area (Å²) in [5, 5.41) is 9.94. The first-order valence-corrected chi connectivity index (χ1v) is 6.31. The van der Waals surface area contributed by atoms with E-state index >= 15 is 0 Å². The second-order valence-electron chi connectivity index (χ2n) is 4.66. The lowest BCUT2D eigenvalue weighted by Gasteiger charge is -2.22. The Morgan fingerprint density at radius 2 is 2.35 bits per heavy atom. The summed E-state index contributed by atoms with van der Waals surface area (Å²) < 4.78 is 5.66. The van der Waals surface area contributed by atoms with Crippen molar-refractivity contribution >= 4 is 0 Å². The fraction of sp³-hybridized carbons (Fsp3) is 0.467. The van der Waals surface area contributed by atoms with Crippen LogP contribution in [0.25, 0.3) is 0 Å². The number of aryl methyl sites for hydroxylation is 1. The standard InChI is InChI=1S/C15H20O2/c1-3-11(2)10-17-13-8-7-12-5-4-6-15(16)14(12)9-13/h7-9,15-16H,2-6,10H2,1H3. The monoisotopic (exact) mass is 232 g/mol. The van der Waals surface area contributed by atoms with Gasteiger partial charge in [-0.2, -0.15) is 0 Å². The molecule has 0 saturated carbocycles. The van der Waals surface area contributed by atoms with Gasteiger partial charge in [0.1, 0.15) is 12.4 Å². The minimum Gasteiger partial charge on any atom is -0.489 e. The smallest absolute Gasteiger partial charge is 0.120 e. The molecule has 0 radical (unpaired) electrons. The molecule has 1 aromatic carbocycles. The summed E-state index contributed by atoms with van der Waals surface area (Å²) in [4.78, 5) is 0. The Kier molecular flexibility index (Phi) is 3.85. The first kappa shape index (κ1) is 12.2. The summed E-state index contributed by atoms with van der Waals surface area (Å²) in [5.74, 6) is 0.833. The van der Waals surface area contributed by atoms with Gasteiger partial charge in [0.15, 0.2) is 0 Å². The van der Waals surface area contributed by atoms with Crippen LogP contribution in [-0.4, -0.2) is 11.7 Å². The van der Waals surface area contributed by atoms with E-state index < -0.39 is 0 Å². The van der Waals surface area contributed by atoms with Gasteiger partial charge in [-0.1, -0.05) is 19.6 Å². The molecule has 0 aromatic heterocycles. The zero-order chi connectivity index (χ0) is 12.3. The molecule has 92 valence electrons. The molecule has 0 bridgehead atoms. The van der Waals surface area contributed by atoms with E-state index in [4.69, 9.17) is 4.74 Å². The molecule has 2 heteroatoms. The Hall–Kier alpha value is -1.28. The predicted octanol–water partition coefficient (Wildman–Crippen LogP) is 3.40. The zero-order valence-corrected chi connectivity index (χ0v) is 10.4. The predicted molar refractivity (Wildman–Crippen MR) is 69.3 cm³/mol. The van der Waals surface area contributed by atoms with Crippen molar-refractivity contribution in [3.05, 3.63) is 41.5 Å². The lowest BCUT2D eigenvalue weighted by Crippen LogP contribution is -2.09. The van der Waals surface area contributed by atoms with Crippen LogP contribution < -0.4 is 4.74 Å². The molecule has 1 unspecified atom stereocenters. The number of benzene rings is 1. The molecule has 0 aliphatic heterocycles. The molecule has 2 rings (SSSR count). The molecule has 0 saturated heterocycles. The Bertz CT molecular complexity index is 409. The Labute approximate surface area is 103 Å². The van der Waals surface area contributed by atoms with Gasteiger partial charge >= 0.3 is 0 Å². The average Bonchev–Trinajstić information content (AvgIpc) is 2.36. The van der Waals surface area contributed by atoms with Gasteiger partial charge in [0, 0.05) is 0 Å². The second kappa shape index (κ2) is 5.37. The van der Waals surface area contributed by atoms with E-state index in [1.54, 1.807) is 0 Å². The molecule has 0 fully saturated rings. The Morgan fingerprint density at radius 3 is 3.12 bits per heavy atom.